The van der Waals surface area contributed by atoms with Gasteiger partial charge in [0.1, 0.15) is 0 Å². The van der Waals surface area contributed by atoms with E-state index in [1.807, 2.05) is 0 Å². The molecule has 0 spiro atoms. The lowest BCUT2D eigenvalue weighted by Crippen LogP contribution is -2.12. The molecular formula is C11H9FN6O. The third-order valence-electron chi connectivity index (χ3n) is 2.60. The Morgan fingerprint density at radius 3 is 3.00 bits per heavy atom. The summed E-state index contributed by atoms with van der Waals surface area (Å²) in [5.74, 6) is -0.557. The zero-order chi connectivity index (χ0) is 13.4. The second-order valence-electron chi connectivity index (χ2n) is 3.95. The summed E-state index contributed by atoms with van der Waals surface area (Å²) in [6, 6.07) is 4.49. The fraction of sp³-hybridized carbons (Fsp3) is 0.0909. The summed E-state index contributed by atoms with van der Waals surface area (Å²) in [4.78, 5) is 25.7. The van der Waals surface area contributed by atoms with Gasteiger partial charge in [-0.1, -0.05) is 6.07 Å². The van der Waals surface area contributed by atoms with Crippen LogP contribution in [0, 0.1) is 5.95 Å². The Kier molecular flexibility index (Phi) is 2.48. The summed E-state index contributed by atoms with van der Waals surface area (Å²) in [6.07, 6.45) is 1.44. The number of rotatable bonds is 2. The quantitative estimate of drug-likeness (QED) is 0.644. The van der Waals surface area contributed by atoms with Crippen molar-refractivity contribution in [3.05, 3.63) is 46.5 Å². The third kappa shape index (κ3) is 2.03. The summed E-state index contributed by atoms with van der Waals surface area (Å²) >= 11 is 0. The lowest BCUT2D eigenvalue weighted by Gasteiger charge is -2.03. The van der Waals surface area contributed by atoms with E-state index in [-0.39, 0.29) is 18.0 Å². The molecule has 19 heavy (non-hydrogen) atoms. The number of H-pyrrole nitrogens is 1. The van der Waals surface area contributed by atoms with Gasteiger partial charge in [0, 0.05) is 0 Å². The fourth-order valence-electron chi connectivity index (χ4n) is 1.80. The Labute approximate surface area is 105 Å². The maximum atomic E-state index is 13.0. The number of halogens is 1. The first-order valence-corrected chi connectivity index (χ1v) is 5.45. The monoisotopic (exact) mass is 260 g/mol. The van der Waals surface area contributed by atoms with Gasteiger partial charge in [-0.3, -0.25) is 9.78 Å². The van der Waals surface area contributed by atoms with E-state index < -0.39 is 11.5 Å². The van der Waals surface area contributed by atoms with Gasteiger partial charge < -0.3 is 10.3 Å². The maximum Gasteiger partial charge on any atom is 0.280 e. The van der Waals surface area contributed by atoms with Crippen molar-refractivity contribution in [1.29, 1.82) is 0 Å². The van der Waals surface area contributed by atoms with Gasteiger partial charge in [0.05, 0.1) is 18.6 Å². The van der Waals surface area contributed by atoms with E-state index in [4.69, 9.17) is 5.73 Å². The van der Waals surface area contributed by atoms with Crippen LogP contribution in [0.4, 0.5) is 10.3 Å². The summed E-state index contributed by atoms with van der Waals surface area (Å²) in [5, 5.41) is 0. The SMILES string of the molecule is Nc1nc2c(ncn2Cc2cccc(F)n2)c(=O)[nH]1. The molecule has 0 fully saturated rings. The number of fused-ring (bicyclic) bond motifs is 1. The second kappa shape index (κ2) is 4.16. The van der Waals surface area contributed by atoms with Crippen LogP contribution in [0.3, 0.4) is 0 Å². The lowest BCUT2D eigenvalue weighted by atomic mass is 10.3. The van der Waals surface area contributed by atoms with Crippen molar-refractivity contribution in [2.45, 2.75) is 6.54 Å². The predicted molar refractivity (Wildman–Crippen MR) is 65.9 cm³/mol. The molecule has 0 amide bonds. The van der Waals surface area contributed by atoms with Gasteiger partial charge in [0.2, 0.25) is 11.9 Å². The number of imidazole rings is 1. The summed E-state index contributed by atoms with van der Waals surface area (Å²) in [6.45, 7) is 0.254. The number of aromatic nitrogens is 5. The predicted octanol–water partition coefficient (Wildman–Crippen LogP) is 0.284. The van der Waals surface area contributed by atoms with E-state index in [1.54, 1.807) is 16.7 Å². The van der Waals surface area contributed by atoms with Gasteiger partial charge in [-0.2, -0.15) is 9.37 Å². The molecule has 0 unspecified atom stereocenters. The summed E-state index contributed by atoms with van der Waals surface area (Å²) in [5.41, 5.74) is 6.10. The van der Waals surface area contributed by atoms with Crippen LogP contribution in [-0.4, -0.2) is 24.5 Å². The van der Waals surface area contributed by atoms with Crippen molar-refractivity contribution in [3.63, 3.8) is 0 Å². The van der Waals surface area contributed by atoms with E-state index in [2.05, 4.69) is 19.9 Å². The van der Waals surface area contributed by atoms with Crippen LogP contribution in [0.1, 0.15) is 5.69 Å². The number of hydrogen-bond donors (Lipinski definition) is 2. The number of anilines is 1. The Morgan fingerprint density at radius 2 is 2.21 bits per heavy atom. The highest BCUT2D eigenvalue weighted by Gasteiger charge is 2.10. The van der Waals surface area contributed by atoms with Crippen molar-refractivity contribution in [2.24, 2.45) is 0 Å². The van der Waals surface area contributed by atoms with Crippen LogP contribution in [0.25, 0.3) is 11.2 Å². The van der Waals surface area contributed by atoms with E-state index in [0.717, 1.165) is 0 Å². The number of nitrogens with one attached hydrogen (secondary N) is 1. The van der Waals surface area contributed by atoms with Gasteiger partial charge in [0.15, 0.2) is 11.2 Å². The van der Waals surface area contributed by atoms with E-state index in [1.165, 1.54) is 12.4 Å². The molecule has 0 aliphatic heterocycles. The minimum Gasteiger partial charge on any atom is -0.369 e. The van der Waals surface area contributed by atoms with Crippen molar-refractivity contribution >= 4 is 17.1 Å². The van der Waals surface area contributed by atoms with Crippen molar-refractivity contribution in [1.82, 2.24) is 24.5 Å². The first kappa shape index (κ1) is 11.3. The molecule has 8 heteroatoms. The normalized spacial score (nSPS) is 11.0. The maximum absolute atomic E-state index is 13.0. The highest BCUT2D eigenvalue weighted by molar-refractivity contribution is 5.70. The van der Waals surface area contributed by atoms with Crippen molar-refractivity contribution in [2.75, 3.05) is 5.73 Å². The average Bonchev–Trinajstić information content (AvgIpc) is 2.73. The average molecular weight is 260 g/mol. The Bertz CT molecular complexity index is 808. The molecule has 7 nitrogen and oxygen atoms in total. The van der Waals surface area contributed by atoms with Crippen LogP contribution >= 0.6 is 0 Å². The van der Waals surface area contributed by atoms with Crippen LogP contribution in [-0.2, 0) is 6.54 Å². The molecule has 3 N–H and O–H groups in total. The van der Waals surface area contributed by atoms with Crippen LogP contribution < -0.4 is 11.3 Å². The molecule has 3 rings (SSSR count). The number of nitrogens with zero attached hydrogens (tertiary/aromatic N) is 4. The van der Waals surface area contributed by atoms with Crippen LogP contribution in [0.2, 0.25) is 0 Å². The minimum atomic E-state index is -0.563. The molecule has 0 aliphatic rings. The molecule has 0 saturated heterocycles. The number of nitrogens with two attached hydrogens (primary N) is 1. The highest BCUT2D eigenvalue weighted by atomic mass is 19.1. The lowest BCUT2D eigenvalue weighted by molar-refractivity contribution is 0.573. The first-order chi connectivity index (χ1) is 9.13. The third-order valence-corrected chi connectivity index (χ3v) is 2.60. The molecule has 0 radical (unpaired) electrons. The molecule has 3 aromatic heterocycles. The standard InChI is InChI=1S/C11H9FN6O/c12-7-3-1-2-6(15-7)4-18-5-14-8-9(18)16-11(13)17-10(8)19/h1-3,5H,4H2,(H3,13,16,17,19). The molecule has 96 valence electrons. The first-order valence-electron chi connectivity index (χ1n) is 5.45. The zero-order valence-electron chi connectivity index (χ0n) is 9.67. The van der Waals surface area contributed by atoms with Gasteiger partial charge >= 0.3 is 0 Å². The molecule has 0 aliphatic carbocycles. The minimum absolute atomic E-state index is 0.00597. The van der Waals surface area contributed by atoms with Crippen LogP contribution in [0.5, 0.6) is 0 Å². The zero-order valence-corrected chi connectivity index (χ0v) is 9.67. The van der Waals surface area contributed by atoms with Gasteiger partial charge in [-0.15, -0.1) is 0 Å². The Morgan fingerprint density at radius 1 is 1.37 bits per heavy atom. The summed E-state index contributed by atoms with van der Waals surface area (Å²) in [7, 11) is 0. The highest BCUT2D eigenvalue weighted by Crippen LogP contribution is 2.09. The van der Waals surface area contributed by atoms with Gasteiger partial charge in [0.25, 0.3) is 5.56 Å². The molecule has 0 saturated carbocycles. The number of hydrogen-bond acceptors (Lipinski definition) is 5. The molecule has 0 atom stereocenters. The summed E-state index contributed by atoms with van der Waals surface area (Å²) < 4.78 is 14.6. The van der Waals surface area contributed by atoms with Crippen molar-refractivity contribution in [3.8, 4) is 0 Å². The van der Waals surface area contributed by atoms with Gasteiger partial charge in [-0.05, 0) is 12.1 Å². The Balaban J connectivity index is 2.09. The second-order valence-corrected chi connectivity index (χ2v) is 3.95. The van der Waals surface area contributed by atoms with Crippen LogP contribution in [0.15, 0.2) is 29.3 Å². The fourth-order valence-corrected chi connectivity index (χ4v) is 1.80. The molecule has 0 bridgehead atoms. The van der Waals surface area contributed by atoms with E-state index >= 15 is 0 Å². The Hall–Kier alpha value is -2.77. The molecule has 0 aromatic carbocycles. The molecule has 3 aromatic rings. The van der Waals surface area contributed by atoms with Crippen molar-refractivity contribution < 1.29 is 4.39 Å². The topological polar surface area (TPSA) is 102 Å². The largest absolute Gasteiger partial charge is 0.369 e. The van der Waals surface area contributed by atoms with Gasteiger partial charge in [-0.25, -0.2) is 9.97 Å². The molecule has 3 heterocycles. The van der Waals surface area contributed by atoms with E-state index in [0.29, 0.717) is 11.3 Å². The number of nitrogen functional groups attached to an aromatic ring is 1. The van der Waals surface area contributed by atoms with E-state index in [9.17, 15) is 9.18 Å². The number of aromatic amines is 1. The number of pyridine rings is 1. The molecular weight excluding hydrogens is 251 g/mol. The smallest absolute Gasteiger partial charge is 0.280 e.